The van der Waals surface area contributed by atoms with E-state index in [1.54, 1.807) is 7.11 Å². The van der Waals surface area contributed by atoms with Gasteiger partial charge in [0.05, 0.1) is 18.7 Å². The highest BCUT2D eigenvalue weighted by molar-refractivity contribution is 5.82. The van der Waals surface area contributed by atoms with Crippen molar-refractivity contribution in [1.29, 1.82) is 0 Å². The number of methoxy groups -OCH3 is 1. The standard InChI is InChI=1S/C32H36N6O2/c1-5-28(31-34-35-36-38(31)16-15-24-11-7-6-8-12-24)37(20-25-13-9-10-14-29(25)40-4)21-27-19-26-18-22(2)17-23(3)30(26)33-32(27)39/h6-14,17-19,28H,5,15-16,20-21H2,1-4H3,(H,33,39)/t28-/m0/s1. The van der Waals surface area contributed by atoms with Crippen molar-refractivity contribution < 1.29 is 4.74 Å². The summed E-state index contributed by atoms with van der Waals surface area (Å²) in [7, 11) is 1.68. The van der Waals surface area contributed by atoms with Crippen LogP contribution in [0.5, 0.6) is 5.75 Å². The van der Waals surface area contributed by atoms with Crippen LogP contribution in [0, 0.1) is 13.8 Å². The fourth-order valence-electron chi connectivity index (χ4n) is 5.49. The van der Waals surface area contributed by atoms with E-state index >= 15 is 0 Å². The maximum Gasteiger partial charge on any atom is 0.252 e. The quantitative estimate of drug-likeness (QED) is 0.239. The minimum absolute atomic E-state index is 0.0806. The zero-order valence-corrected chi connectivity index (χ0v) is 23.6. The molecule has 2 heterocycles. The average molecular weight is 537 g/mol. The molecule has 0 aliphatic carbocycles. The lowest BCUT2D eigenvalue weighted by molar-refractivity contribution is 0.159. The third kappa shape index (κ3) is 5.97. The molecule has 0 aliphatic heterocycles. The van der Waals surface area contributed by atoms with Crippen molar-refractivity contribution in [2.45, 2.75) is 59.3 Å². The summed E-state index contributed by atoms with van der Waals surface area (Å²) in [5.41, 5.74) is 6.00. The summed E-state index contributed by atoms with van der Waals surface area (Å²) >= 11 is 0. The second kappa shape index (κ2) is 12.3. The predicted octanol–water partition coefficient (Wildman–Crippen LogP) is 5.54. The summed E-state index contributed by atoms with van der Waals surface area (Å²) in [6.07, 6.45) is 1.59. The molecule has 206 valence electrons. The molecule has 1 atom stereocenters. The van der Waals surface area contributed by atoms with Gasteiger partial charge in [-0.25, -0.2) is 4.68 Å². The number of benzene rings is 3. The van der Waals surface area contributed by atoms with E-state index in [0.29, 0.717) is 25.2 Å². The Labute approximate surface area is 234 Å². The topological polar surface area (TPSA) is 88.9 Å². The van der Waals surface area contributed by atoms with Crippen LogP contribution in [-0.4, -0.2) is 37.2 Å². The second-order valence-electron chi connectivity index (χ2n) is 10.3. The van der Waals surface area contributed by atoms with Crippen LogP contribution in [0.4, 0.5) is 0 Å². The highest BCUT2D eigenvalue weighted by atomic mass is 16.5. The Kier molecular flexibility index (Phi) is 8.36. The molecule has 0 saturated heterocycles. The Balaban J connectivity index is 1.52. The highest BCUT2D eigenvalue weighted by Crippen LogP contribution is 2.29. The minimum atomic E-state index is -0.120. The third-order valence-electron chi connectivity index (χ3n) is 7.45. The molecule has 5 aromatic rings. The van der Waals surface area contributed by atoms with Gasteiger partial charge in [-0.05, 0) is 71.8 Å². The monoisotopic (exact) mass is 536 g/mol. The highest BCUT2D eigenvalue weighted by Gasteiger charge is 2.27. The normalized spacial score (nSPS) is 12.2. The van der Waals surface area contributed by atoms with Crippen LogP contribution < -0.4 is 10.3 Å². The molecule has 3 aromatic carbocycles. The summed E-state index contributed by atoms with van der Waals surface area (Å²) in [5, 5.41) is 13.9. The minimum Gasteiger partial charge on any atom is -0.496 e. The van der Waals surface area contributed by atoms with Gasteiger partial charge < -0.3 is 9.72 Å². The largest absolute Gasteiger partial charge is 0.496 e. The zero-order chi connectivity index (χ0) is 28.1. The number of rotatable bonds is 11. The smallest absolute Gasteiger partial charge is 0.252 e. The molecule has 8 heteroatoms. The van der Waals surface area contributed by atoms with Crippen molar-refractivity contribution in [2.75, 3.05) is 7.11 Å². The molecule has 0 amide bonds. The number of hydrogen-bond donors (Lipinski definition) is 1. The Hall–Kier alpha value is -4.30. The van der Waals surface area contributed by atoms with E-state index < -0.39 is 0 Å². The molecule has 40 heavy (non-hydrogen) atoms. The maximum absolute atomic E-state index is 13.4. The first-order valence-corrected chi connectivity index (χ1v) is 13.8. The SMILES string of the molecule is CC[C@@H](c1nnnn1CCc1ccccc1)N(Cc1ccccc1OC)Cc1cc2cc(C)cc(C)c2[nH]c1=O. The van der Waals surface area contributed by atoms with Crippen LogP contribution in [0.1, 0.15) is 53.0 Å². The number of nitrogens with zero attached hydrogens (tertiary/aromatic N) is 5. The maximum atomic E-state index is 13.4. The summed E-state index contributed by atoms with van der Waals surface area (Å²) < 4.78 is 7.58. The van der Waals surface area contributed by atoms with E-state index in [1.807, 2.05) is 54.1 Å². The summed E-state index contributed by atoms with van der Waals surface area (Å²) in [6.45, 7) is 7.90. The number of aromatic amines is 1. The number of tetrazole rings is 1. The Morgan fingerprint density at radius 2 is 1.73 bits per heavy atom. The molecule has 0 fully saturated rings. The molecule has 0 saturated carbocycles. The number of ether oxygens (including phenoxy) is 1. The van der Waals surface area contributed by atoms with Gasteiger partial charge in [-0.2, -0.15) is 0 Å². The fraction of sp³-hybridized carbons (Fsp3) is 0.312. The summed E-state index contributed by atoms with van der Waals surface area (Å²) in [4.78, 5) is 18.8. The van der Waals surface area contributed by atoms with Crippen LogP contribution in [0.15, 0.2) is 77.6 Å². The number of fused-ring (bicyclic) bond motifs is 1. The first-order valence-electron chi connectivity index (χ1n) is 13.8. The number of H-pyrrole nitrogens is 1. The van der Waals surface area contributed by atoms with E-state index in [0.717, 1.165) is 52.0 Å². The van der Waals surface area contributed by atoms with Gasteiger partial charge in [0.15, 0.2) is 5.82 Å². The summed E-state index contributed by atoms with van der Waals surface area (Å²) in [6, 6.07) is 24.5. The van der Waals surface area contributed by atoms with E-state index in [2.05, 4.69) is 69.6 Å². The van der Waals surface area contributed by atoms with Gasteiger partial charge in [-0.15, -0.1) is 5.10 Å². The number of aryl methyl sites for hydroxylation is 4. The van der Waals surface area contributed by atoms with Crippen molar-refractivity contribution >= 4 is 10.9 Å². The van der Waals surface area contributed by atoms with E-state index in [1.165, 1.54) is 5.56 Å². The van der Waals surface area contributed by atoms with E-state index in [-0.39, 0.29) is 11.6 Å². The van der Waals surface area contributed by atoms with Crippen LogP contribution >= 0.6 is 0 Å². The summed E-state index contributed by atoms with van der Waals surface area (Å²) in [5.74, 6) is 1.60. The fourth-order valence-corrected chi connectivity index (χ4v) is 5.49. The van der Waals surface area contributed by atoms with Gasteiger partial charge in [0.1, 0.15) is 5.75 Å². The van der Waals surface area contributed by atoms with E-state index in [9.17, 15) is 4.79 Å². The third-order valence-corrected chi connectivity index (χ3v) is 7.45. The number of nitrogens with one attached hydrogen (secondary N) is 1. The van der Waals surface area contributed by atoms with Crippen molar-refractivity contribution in [1.82, 2.24) is 30.1 Å². The van der Waals surface area contributed by atoms with Crippen LogP contribution in [0.3, 0.4) is 0 Å². The number of hydrogen-bond acceptors (Lipinski definition) is 6. The first kappa shape index (κ1) is 27.3. The van der Waals surface area contributed by atoms with Crippen molar-refractivity contribution in [3.8, 4) is 5.75 Å². The van der Waals surface area contributed by atoms with Crippen LogP contribution in [0.2, 0.25) is 0 Å². The molecular formula is C32H36N6O2. The first-order chi connectivity index (χ1) is 19.5. The van der Waals surface area contributed by atoms with Gasteiger partial charge in [0.2, 0.25) is 0 Å². The van der Waals surface area contributed by atoms with Gasteiger partial charge in [0, 0.05) is 30.8 Å². The Bertz CT molecular complexity index is 1640. The molecule has 0 unspecified atom stereocenters. The lowest BCUT2D eigenvalue weighted by Crippen LogP contribution is -2.32. The molecular weight excluding hydrogens is 500 g/mol. The lowest BCUT2D eigenvalue weighted by atomic mass is 10.0. The van der Waals surface area contributed by atoms with Crippen molar-refractivity contribution in [3.63, 3.8) is 0 Å². The van der Waals surface area contributed by atoms with Crippen LogP contribution in [-0.2, 0) is 26.1 Å². The Morgan fingerprint density at radius 3 is 2.50 bits per heavy atom. The molecule has 8 nitrogen and oxygen atoms in total. The van der Waals surface area contributed by atoms with Crippen molar-refractivity contribution in [3.05, 3.63) is 117 Å². The van der Waals surface area contributed by atoms with Gasteiger partial charge in [-0.3, -0.25) is 9.69 Å². The zero-order valence-electron chi connectivity index (χ0n) is 23.6. The molecule has 0 bridgehead atoms. The number of pyridine rings is 1. The predicted molar refractivity (Wildman–Crippen MR) is 157 cm³/mol. The second-order valence-corrected chi connectivity index (χ2v) is 10.3. The molecule has 5 rings (SSSR count). The molecule has 2 aromatic heterocycles. The van der Waals surface area contributed by atoms with Gasteiger partial charge in [-0.1, -0.05) is 67.1 Å². The molecule has 0 radical (unpaired) electrons. The van der Waals surface area contributed by atoms with Crippen LogP contribution in [0.25, 0.3) is 10.9 Å². The number of para-hydroxylation sites is 1. The Morgan fingerprint density at radius 1 is 0.975 bits per heavy atom. The van der Waals surface area contributed by atoms with Gasteiger partial charge >= 0.3 is 0 Å². The molecule has 0 aliphatic rings. The van der Waals surface area contributed by atoms with Crippen molar-refractivity contribution in [2.24, 2.45) is 0 Å². The van der Waals surface area contributed by atoms with E-state index in [4.69, 9.17) is 4.74 Å². The molecule has 1 N–H and O–H groups in total. The average Bonchev–Trinajstić information content (AvgIpc) is 3.42. The van der Waals surface area contributed by atoms with Gasteiger partial charge in [0.25, 0.3) is 5.56 Å². The lowest BCUT2D eigenvalue weighted by Gasteiger charge is -2.30. The molecule has 0 spiro atoms. The number of aromatic nitrogens is 5.